The lowest BCUT2D eigenvalue weighted by atomic mass is 10.00. The number of nitrogens with two attached hydrogens (primary N) is 1. The highest BCUT2D eigenvalue weighted by atomic mass is 19.1. The minimum atomic E-state index is -1.26. The second-order valence-corrected chi connectivity index (χ2v) is 9.73. The number of amides is 3. The van der Waals surface area contributed by atoms with Gasteiger partial charge in [0.2, 0.25) is 5.91 Å². The summed E-state index contributed by atoms with van der Waals surface area (Å²) in [5, 5.41) is 15.9. The molecule has 0 radical (unpaired) electrons. The number of unbranched alkanes of at least 4 members (excludes halogenated alkanes) is 1. The van der Waals surface area contributed by atoms with Crippen LogP contribution < -0.4 is 16.4 Å². The van der Waals surface area contributed by atoms with Crippen LogP contribution in [0.1, 0.15) is 56.2 Å². The number of halogens is 2. The van der Waals surface area contributed by atoms with Crippen molar-refractivity contribution >= 4 is 17.7 Å². The van der Waals surface area contributed by atoms with Gasteiger partial charge in [0.15, 0.2) is 0 Å². The minimum Gasteiger partial charge on any atom is -0.390 e. The second kappa shape index (κ2) is 15.9. The van der Waals surface area contributed by atoms with Crippen LogP contribution in [0, 0.1) is 11.6 Å². The number of carbonyl (C=O) groups is 3. The van der Waals surface area contributed by atoms with Crippen LogP contribution in [0.2, 0.25) is 0 Å². The fourth-order valence-electron chi connectivity index (χ4n) is 4.25. The molecule has 2 rings (SSSR count). The molecule has 3 atom stereocenters. The standard InChI is InChI=1S/C29H40F2N4O4/c1-4-6-10-24(36)16-26(34-29(39)33-3)28(38)35(17-20-9-7-8-19(5-2)11-20)18-27(37)25(32)14-21-12-22(30)15-23(31)13-21/h7-9,11-13,15,25-27,37H,4-6,10,14,16-18,32H2,1-3H3,(H2,33,34,39)/t25-,26+,27+/m0/s1. The molecule has 0 saturated carbocycles. The zero-order valence-electron chi connectivity index (χ0n) is 22.9. The van der Waals surface area contributed by atoms with E-state index in [1.807, 2.05) is 38.1 Å². The van der Waals surface area contributed by atoms with Gasteiger partial charge in [-0.05, 0) is 48.1 Å². The van der Waals surface area contributed by atoms with Crippen molar-refractivity contribution < 1.29 is 28.3 Å². The number of benzene rings is 2. The Kier molecular flexibility index (Phi) is 13.0. The van der Waals surface area contributed by atoms with E-state index in [2.05, 4.69) is 10.6 Å². The molecule has 0 bridgehead atoms. The monoisotopic (exact) mass is 546 g/mol. The molecule has 8 nitrogen and oxygen atoms in total. The molecule has 3 amide bonds. The highest BCUT2D eigenvalue weighted by molar-refractivity contribution is 5.92. The fourth-order valence-corrected chi connectivity index (χ4v) is 4.25. The third-order valence-electron chi connectivity index (χ3n) is 6.45. The predicted molar refractivity (Wildman–Crippen MR) is 146 cm³/mol. The molecule has 0 aliphatic heterocycles. The zero-order valence-corrected chi connectivity index (χ0v) is 22.9. The molecule has 0 saturated heterocycles. The van der Waals surface area contributed by atoms with Crippen molar-refractivity contribution in [3.8, 4) is 0 Å². The van der Waals surface area contributed by atoms with Crippen molar-refractivity contribution in [3.63, 3.8) is 0 Å². The summed E-state index contributed by atoms with van der Waals surface area (Å²) in [7, 11) is 1.40. The van der Waals surface area contributed by atoms with Crippen molar-refractivity contribution in [2.24, 2.45) is 5.73 Å². The number of rotatable bonds is 15. The normalized spacial score (nSPS) is 13.3. The van der Waals surface area contributed by atoms with E-state index in [-0.39, 0.29) is 43.7 Å². The molecule has 0 aromatic heterocycles. The Hall–Kier alpha value is -3.37. The minimum absolute atomic E-state index is 0.0291. The summed E-state index contributed by atoms with van der Waals surface area (Å²) in [4.78, 5) is 39.8. The number of Topliss-reactive ketones (excluding diaryl/α,β-unsaturated/α-hetero) is 1. The van der Waals surface area contributed by atoms with E-state index in [4.69, 9.17) is 5.73 Å². The Morgan fingerprint density at radius 1 is 1.03 bits per heavy atom. The van der Waals surface area contributed by atoms with Crippen LogP contribution in [0.15, 0.2) is 42.5 Å². The lowest BCUT2D eigenvalue weighted by Crippen LogP contribution is -2.54. The highest BCUT2D eigenvalue weighted by Crippen LogP contribution is 2.16. The first-order valence-corrected chi connectivity index (χ1v) is 13.3. The molecular weight excluding hydrogens is 506 g/mol. The molecule has 0 heterocycles. The third-order valence-corrected chi connectivity index (χ3v) is 6.45. The number of aliphatic hydroxyl groups is 1. The molecule has 39 heavy (non-hydrogen) atoms. The van der Waals surface area contributed by atoms with Gasteiger partial charge >= 0.3 is 6.03 Å². The summed E-state index contributed by atoms with van der Waals surface area (Å²) >= 11 is 0. The maximum absolute atomic E-state index is 13.7. The van der Waals surface area contributed by atoms with Gasteiger partial charge in [-0.1, -0.05) is 44.5 Å². The first-order chi connectivity index (χ1) is 18.6. The van der Waals surface area contributed by atoms with E-state index in [9.17, 15) is 28.3 Å². The average molecular weight is 547 g/mol. The number of ketones is 1. The lowest BCUT2D eigenvalue weighted by Gasteiger charge is -2.31. The van der Waals surface area contributed by atoms with Gasteiger partial charge in [0.25, 0.3) is 0 Å². The van der Waals surface area contributed by atoms with Crippen molar-refractivity contribution in [1.82, 2.24) is 15.5 Å². The quantitative estimate of drug-likeness (QED) is 0.273. The topological polar surface area (TPSA) is 125 Å². The van der Waals surface area contributed by atoms with Gasteiger partial charge in [-0.2, -0.15) is 0 Å². The van der Waals surface area contributed by atoms with Crippen LogP contribution in [0.25, 0.3) is 0 Å². The molecular formula is C29H40F2N4O4. The zero-order chi connectivity index (χ0) is 28.9. The first kappa shape index (κ1) is 31.8. The van der Waals surface area contributed by atoms with E-state index < -0.39 is 41.8 Å². The van der Waals surface area contributed by atoms with Crippen molar-refractivity contribution in [1.29, 1.82) is 0 Å². The van der Waals surface area contributed by atoms with Crippen LogP contribution in [0.4, 0.5) is 13.6 Å². The lowest BCUT2D eigenvalue weighted by molar-refractivity contribution is -0.137. The summed E-state index contributed by atoms with van der Waals surface area (Å²) in [6.45, 7) is 3.84. The molecule has 0 aliphatic carbocycles. The van der Waals surface area contributed by atoms with Crippen LogP contribution in [-0.2, 0) is 29.0 Å². The van der Waals surface area contributed by atoms with E-state index in [0.717, 1.165) is 42.2 Å². The van der Waals surface area contributed by atoms with Crippen LogP contribution >= 0.6 is 0 Å². The summed E-state index contributed by atoms with van der Waals surface area (Å²) in [6, 6.07) is 7.93. The first-order valence-electron chi connectivity index (χ1n) is 13.3. The van der Waals surface area contributed by atoms with Crippen LogP contribution in [0.3, 0.4) is 0 Å². The van der Waals surface area contributed by atoms with Gasteiger partial charge < -0.3 is 26.4 Å². The predicted octanol–water partition coefficient (Wildman–Crippen LogP) is 3.23. The van der Waals surface area contributed by atoms with E-state index >= 15 is 0 Å². The van der Waals surface area contributed by atoms with E-state index in [1.165, 1.54) is 11.9 Å². The molecule has 2 aromatic rings. The second-order valence-electron chi connectivity index (χ2n) is 9.73. The smallest absolute Gasteiger partial charge is 0.315 e. The van der Waals surface area contributed by atoms with E-state index in [1.54, 1.807) is 0 Å². The van der Waals surface area contributed by atoms with Crippen molar-refractivity contribution in [2.45, 2.75) is 77.1 Å². The number of urea groups is 1. The number of carbonyl (C=O) groups excluding carboxylic acids is 3. The Bertz CT molecular complexity index is 1090. The summed E-state index contributed by atoms with van der Waals surface area (Å²) in [6.07, 6.45) is 1.07. The Morgan fingerprint density at radius 3 is 2.31 bits per heavy atom. The largest absolute Gasteiger partial charge is 0.390 e. The number of nitrogens with zero attached hydrogens (tertiary/aromatic N) is 1. The molecule has 0 unspecified atom stereocenters. The van der Waals surface area contributed by atoms with E-state index in [0.29, 0.717) is 6.42 Å². The number of nitrogens with one attached hydrogen (secondary N) is 2. The number of aryl methyl sites for hydroxylation is 1. The third kappa shape index (κ3) is 10.7. The number of hydrogen-bond donors (Lipinski definition) is 4. The maximum atomic E-state index is 13.7. The van der Waals surface area contributed by atoms with Crippen molar-refractivity contribution in [3.05, 3.63) is 70.8 Å². The maximum Gasteiger partial charge on any atom is 0.315 e. The summed E-state index contributed by atoms with van der Waals surface area (Å²) in [5.41, 5.74) is 8.31. The highest BCUT2D eigenvalue weighted by Gasteiger charge is 2.30. The van der Waals surface area contributed by atoms with Gasteiger partial charge in [0.1, 0.15) is 23.5 Å². The van der Waals surface area contributed by atoms with Crippen LogP contribution in [-0.4, -0.2) is 59.5 Å². The average Bonchev–Trinajstić information content (AvgIpc) is 2.90. The molecule has 2 aromatic carbocycles. The van der Waals surface area contributed by atoms with Gasteiger partial charge in [0.05, 0.1) is 6.10 Å². The number of aliphatic hydroxyl groups excluding tert-OH is 1. The Morgan fingerprint density at radius 2 is 1.69 bits per heavy atom. The Balaban J connectivity index is 2.31. The molecule has 214 valence electrons. The molecule has 0 fully saturated rings. The van der Waals surface area contributed by atoms with Crippen LogP contribution in [0.5, 0.6) is 0 Å². The number of hydrogen-bond acceptors (Lipinski definition) is 5. The molecule has 0 spiro atoms. The Labute approximate surface area is 229 Å². The summed E-state index contributed by atoms with van der Waals surface area (Å²) in [5.74, 6) is -2.22. The molecule has 5 N–H and O–H groups in total. The van der Waals surface area contributed by atoms with Gasteiger partial charge in [-0.15, -0.1) is 0 Å². The summed E-state index contributed by atoms with van der Waals surface area (Å²) < 4.78 is 27.3. The van der Waals surface area contributed by atoms with Crippen molar-refractivity contribution in [2.75, 3.05) is 13.6 Å². The van der Waals surface area contributed by atoms with Gasteiger partial charge in [-0.25, -0.2) is 13.6 Å². The van der Waals surface area contributed by atoms with Gasteiger partial charge in [-0.3, -0.25) is 9.59 Å². The molecule has 0 aliphatic rings. The molecule has 10 heteroatoms. The fraction of sp³-hybridized carbons (Fsp3) is 0.483. The SMILES string of the molecule is CCCCC(=O)C[C@@H](NC(=O)NC)C(=O)N(Cc1cccc(CC)c1)C[C@@H](O)[C@@H](N)Cc1cc(F)cc(F)c1. The van der Waals surface area contributed by atoms with Gasteiger partial charge in [0, 0.05) is 45.1 Å².